The molecule has 0 saturated heterocycles. The van der Waals surface area contributed by atoms with Crippen LogP contribution in [0.5, 0.6) is 17.2 Å². The third-order valence-electron chi connectivity index (χ3n) is 5.15. The Hall–Kier alpha value is -4.01. The summed E-state index contributed by atoms with van der Waals surface area (Å²) in [6, 6.07) is 8.16. The van der Waals surface area contributed by atoms with Crippen molar-refractivity contribution in [2.45, 2.75) is 19.9 Å². The SMILES string of the molecule is COc1cc2oc(-c3cccc(C(=O)N[C@H](C(=O)O)C(C)C)c3)cc(=O)c2c(OC)c1OC. The lowest BCUT2D eigenvalue weighted by Crippen LogP contribution is -2.44. The number of amides is 1. The molecule has 0 unspecified atom stereocenters. The topological polar surface area (TPSA) is 124 Å². The minimum absolute atomic E-state index is 0.189. The number of hydrogen-bond acceptors (Lipinski definition) is 7. The number of ether oxygens (including phenoxy) is 3. The summed E-state index contributed by atoms with van der Waals surface area (Å²) < 4.78 is 22.0. The molecule has 9 heteroatoms. The van der Waals surface area contributed by atoms with E-state index in [1.54, 1.807) is 32.0 Å². The van der Waals surface area contributed by atoms with E-state index in [0.29, 0.717) is 11.3 Å². The van der Waals surface area contributed by atoms with Gasteiger partial charge in [-0.15, -0.1) is 0 Å². The maximum atomic E-state index is 13.0. The van der Waals surface area contributed by atoms with Gasteiger partial charge in [0.15, 0.2) is 16.9 Å². The number of hydrogen-bond donors (Lipinski definition) is 2. The Morgan fingerprint density at radius 2 is 1.70 bits per heavy atom. The van der Waals surface area contributed by atoms with Gasteiger partial charge >= 0.3 is 5.97 Å². The molecule has 2 N–H and O–H groups in total. The molecule has 1 atom stereocenters. The van der Waals surface area contributed by atoms with Crippen molar-refractivity contribution in [2.24, 2.45) is 5.92 Å². The summed E-state index contributed by atoms with van der Waals surface area (Å²) in [7, 11) is 4.30. The Morgan fingerprint density at radius 1 is 1.00 bits per heavy atom. The number of rotatable bonds is 8. The largest absolute Gasteiger partial charge is 0.493 e. The number of benzene rings is 2. The maximum Gasteiger partial charge on any atom is 0.326 e. The molecule has 9 nitrogen and oxygen atoms in total. The van der Waals surface area contributed by atoms with Crippen LogP contribution in [-0.4, -0.2) is 44.4 Å². The molecule has 0 radical (unpaired) electrons. The first-order valence-electron chi connectivity index (χ1n) is 10.1. The molecule has 0 bridgehead atoms. The molecule has 2 aromatic carbocycles. The summed E-state index contributed by atoms with van der Waals surface area (Å²) in [5.41, 5.74) is 0.538. The lowest BCUT2D eigenvalue weighted by atomic mass is 10.0. The van der Waals surface area contributed by atoms with Gasteiger partial charge in [-0.3, -0.25) is 9.59 Å². The number of carboxylic acid groups (broad SMARTS) is 1. The van der Waals surface area contributed by atoms with Crippen LogP contribution in [0.25, 0.3) is 22.3 Å². The van der Waals surface area contributed by atoms with Crippen LogP contribution in [0.15, 0.2) is 45.6 Å². The summed E-state index contributed by atoms with van der Waals surface area (Å²) in [5.74, 6) is -0.964. The smallest absolute Gasteiger partial charge is 0.326 e. The van der Waals surface area contributed by atoms with Crippen molar-refractivity contribution >= 4 is 22.8 Å². The highest BCUT2D eigenvalue weighted by atomic mass is 16.5. The van der Waals surface area contributed by atoms with Crippen molar-refractivity contribution in [3.05, 3.63) is 52.2 Å². The number of nitrogens with one attached hydrogen (secondary N) is 1. The van der Waals surface area contributed by atoms with Crippen LogP contribution in [0.1, 0.15) is 24.2 Å². The third-order valence-corrected chi connectivity index (χ3v) is 5.15. The second-order valence-electron chi connectivity index (χ2n) is 7.61. The normalized spacial score (nSPS) is 11.8. The summed E-state index contributed by atoms with van der Waals surface area (Å²) >= 11 is 0. The van der Waals surface area contributed by atoms with E-state index in [0.717, 1.165) is 0 Å². The van der Waals surface area contributed by atoms with Crippen molar-refractivity contribution in [2.75, 3.05) is 21.3 Å². The predicted molar refractivity (Wildman–Crippen MR) is 121 cm³/mol. The van der Waals surface area contributed by atoms with Crippen LogP contribution in [0.4, 0.5) is 0 Å². The molecule has 0 aliphatic rings. The number of carbonyl (C=O) groups is 2. The molecule has 3 rings (SSSR count). The molecular weight excluding hydrogens is 430 g/mol. The van der Waals surface area contributed by atoms with Crippen molar-refractivity contribution in [1.82, 2.24) is 5.32 Å². The van der Waals surface area contributed by atoms with E-state index in [9.17, 15) is 19.5 Å². The molecule has 0 spiro atoms. The minimum atomic E-state index is -1.12. The summed E-state index contributed by atoms with van der Waals surface area (Å²) in [6.07, 6.45) is 0. The molecule has 1 amide bonds. The molecule has 0 saturated carbocycles. The first-order valence-corrected chi connectivity index (χ1v) is 10.1. The minimum Gasteiger partial charge on any atom is -0.493 e. The van der Waals surface area contributed by atoms with E-state index in [-0.39, 0.29) is 45.1 Å². The zero-order valence-corrected chi connectivity index (χ0v) is 18.9. The van der Waals surface area contributed by atoms with Crippen LogP contribution >= 0.6 is 0 Å². The lowest BCUT2D eigenvalue weighted by molar-refractivity contribution is -0.140. The second-order valence-corrected chi connectivity index (χ2v) is 7.61. The van der Waals surface area contributed by atoms with Gasteiger partial charge in [-0.1, -0.05) is 26.0 Å². The van der Waals surface area contributed by atoms with Crippen molar-refractivity contribution in [3.63, 3.8) is 0 Å². The number of methoxy groups -OCH3 is 3. The standard InChI is InChI=1S/C24H25NO8/c1-12(2)20(24(28)29)25-23(27)14-8-6-7-13(9-14)16-10-15(26)19-17(33-16)11-18(30-3)21(31-4)22(19)32-5/h6-12,20H,1-5H3,(H,25,27)(H,28,29)/t20-/m0/s1. The fraction of sp³-hybridized carbons (Fsp3) is 0.292. The van der Waals surface area contributed by atoms with E-state index in [4.69, 9.17) is 18.6 Å². The number of aliphatic carboxylic acids is 1. The molecule has 1 aromatic heterocycles. The zero-order chi connectivity index (χ0) is 24.3. The Bertz CT molecular complexity index is 1260. The third kappa shape index (κ3) is 4.62. The van der Waals surface area contributed by atoms with Crippen LogP contribution in [0.3, 0.4) is 0 Å². The molecular formula is C24H25NO8. The van der Waals surface area contributed by atoms with Crippen LogP contribution in [-0.2, 0) is 4.79 Å². The molecule has 0 fully saturated rings. The highest BCUT2D eigenvalue weighted by Gasteiger charge is 2.24. The van der Waals surface area contributed by atoms with E-state index in [1.165, 1.54) is 39.5 Å². The average molecular weight is 455 g/mol. The van der Waals surface area contributed by atoms with Gasteiger partial charge in [-0.05, 0) is 18.1 Å². The Labute approximate surface area is 189 Å². The van der Waals surface area contributed by atoms with Gasteiger partial charge in [0, 0.05) is 23.3 Å². The molecule has 174 valence electrons. The van der Waals surface area contributed by atoms with Crippen LogP contribution in [0, 0.1) is 5.92 Å². The first-order chi connectivity index (χ1) is 15.7. The van der Waals surface area contributed by atoms with Gasteiger partial charge in [-0.2, -0.15) is 0 Å². The van der Waals surface area contributed by atoms with Gasteiger partial charge in [-0.25, -0.2) is 4.79 Å². The molecule has 0 aliphatic heterocycles. The van der Waals surface area contributed by atoms with Crippen LogP contribution in [0.2, 0.25) is 0 Å². The Kier molecular flexibility index (Phi) is 6.91. The molecule has 33 heavy (non-hydrogen) atoms. The Balaban J connectivity index is 2.08. The van der Waals surface area contributed by atoms with Gasteiger partial charge in [0.25, 0.3) is 5.91 Å². The number of carboxylic acids is 1. The lowest BCUT2D eigenvalue weighted by Gasteiger charge is -2.18. The molecule has 1 heterocycles. The van der Waals surface area contributed by atoms with Gasteiger partial charge in [0.05, 0.1) is 21.3 Å². The monoisotopic (exact) mass is 455 g/mol. The van der Waals surface area contributed by atoms with Gasteiger partial charge in [0.2, 0.25) is 5.75 Å². The number of fused-ring (bicyclic) bond motifs is 1. The van der Waals surface area contributed by atoms with Crippen LogP contribution < -0.4 is 25.0 Å². The quantitative estimate of drug-likeness (QED) is 0.530. The predicted octanol–water partition coefficient (Wildman–Crippen LogP) is 3.32. The Morgan fingerprint density at radius 3 is 2.27 bits per heavy atom. The summed E-state index contributed by atoms with van der Waals surface area (Å²) in [6.45, 7) is 3.41. The van der Waals surface area contributed by atoms with Crippen molar-refractivity contribution in [3.8, 4) is 28.6 Å². The van der Waals surface area contributed by atoms with E-state index in [1.807, 2.05) is 0 Å². The summed E-state index contributed by atoms with van der Waals surface area (Å²) in [5, 5.41) is 12.0. The van der Waals surface area contributed by atoms with Crippen molar-refractivity contribution in [1.29, 1.82) is 0 Å². The highest BCUT2D eigenvalue weighted by molar-refractivity contribution is 5.97. The highest BCUT2D eigenvalue weighted by Crippen LogP contribution is 2.42. The first kappa shape index (κ1) is 23.6. The average Bonchev–Trinajstić information content (AvgIpc) is 2.80. The fourth-order valence-electron chi connectivity index (χ4n) is 3.48. The van der Waals surface area contributed by atoms with Crippen molar-refractivity contribution < 1.29 is 33.3 Å². The van der Waals surface area contributed by atoms with Gasteiger partial charge < -0.3 is 29.1 Å². The van der Waals surface area contributed by atoms with Gasteiger partial charge in [0.1, 0.15) is 22.8 Å². The second kappa shape index (κ2) is 9.64. The molecule has 3 aromatic rings. The zero-order valence-electron chi connectivity index (χ0n) is 18.9. The van der Waals surface area contributed by atoms with E-state index >= 15 is 0 Å². The molecule has 0 aliphatic carbocycles. The summed E-state index contributed by atoms with van der Waals surface area (Å²) in [4.78, 5) is 37.0. The number of carbonyl (C=O) groups excluding carboxylic acids is 1. The maximum absolute atomic E-state index is 13.0. The van der Waals surface area contributed by atoms with E-state index < -0.39 is 17.9 Å². The van der Waals surface area contributed by atoms with E-state index in [2.05, 4.69) is 5.32 Å². The fourth-order valence-corrected chi connectivity index (χ4v) is 3.48.